The van der Waals surface area contributed by atoms with Crippen molar-refractivity contribution in [1.29, 1.82) is 0 Å². The van der Waals surface area contributed by atoms with Gasteiger partial charge in [0.25, 0.3) is 0 Å². The molecule has 1 atom stereocenters. The zero-order chi connectivity index (χ0) is 21.3. The monoisotopic (exact) mass is 350 g/mol. The molecule has 0 aromatic carbocycles. The lowest BCUT2D eigenvalue weighted by Crippen LogP contribution is -2.14. The first kappa shape index (κ1) is 17.3. The van der Waals surface area contributed by atoms with Crippen LogP contribution < -0.4 is 0 Å². The van der Waals surface area contributed by atoms with Crippen molar-refractivity contribution in [1.82, 2.24) is 0 Å². The summed E-state index contributed by atoms with van der Waals surface area (Å²) in [7, 11) is 3.11. The predicted molar refractivity (Wildman–Crippen MR) is 100 cm³/mol. The molecule has 4 heteroatoms. The number of hydrogen-bond acceptors (Lipinski definition) is 4. The van der Waals surface area contributed by atoms with Crippen molar-refractivity contribution < 1.29 is 24.4 Å². The number of unbranched alkanes of at least 4 members (excludes halogenated alkanes) is 7. The summed E-state index contributed by atoms with van der Waals surface area (Å²) in [5.74, 6) is 0. The normalized spacial score (nSPS) is 16.3. The van der Waals surface area contributed by atoms with Gasteiger partial charge < -0.3 is 18.9 Å². The molecular weight excluding hydrogens is 304 g/mol. The van der Waals surface area contributed by atoms with E-state index in [9.17, 15) is 0 Å². The van der Waals surface area contributed by atoms with Gasteiger partial charge >= 0.3 is 0 Å². The van der Waals surface area contributed by atoms with E-state index < -0.39 is 18.8 Å². The molecule has 0 aliphatic carbocycles. The molecule has 4 nitrogen and oxygen atoms in total. The van der Waals surface area contributed by atoms with Crippen LogP contribution in [0.25, 0.3) is 0 Å². The van der Waals surface area contributed by atoms with Crippen LogP contribution in [0.5, 0.6) is 0 Å². The highest BCUT2D eigenvalue weighted by Crippen LogP contribution is 2.15. The van der Waals surface area contributed by atoms with Gasteiger partial charge in [0.15, 0.2) is 0 Å². The van der Waals surface area contributed by atoms with Gasteiger partial charge in [-0.1, -0.05) is 71.1 Å². The summed E-state index contributed by atoms with van der Waals surface area (Å²) in [6.07, 6.45) is 4.79. The summed E-state index contributed by atoms with van der Waals surface area (Å²) >= 11 is 0. The van der Waals surface area contributed by atoms with Gasteiger partial charge in [-0.2, -0.15) is 0 Å². The van der Waals surface area contributed by atoms with E-state index in [1.54, 1.807) is 7.11 Å². The van der Waals surface area contributed by atoms with Crippen LogP contribution in [0.4, 0.5) is 0 Å². The Morgan fingerprint density at radius 3 is 2.04 bits per heavy atom. The standard InChI is InChI=1S/C20H42O4/c1-4-5-15-20(24-19-22-3)16-13-11-9-7-6-8-10-12-14-17-23-18-21-2/h20H,4-19H2,1-3H3/t20-/m0/s1/i13D2,16D2. The van der Waals surface area contributed by atoms with Gasteiger partial charge in [0.05, 0.1) is 6.10 Å². The van der Waals surface area contributed by atoms with E-state index in [1.165, 1.54) is 7.11 Å². The number of rotatable bonds is 20. The van der Waals surface area contributed by atoms with E-state index in [2.05, 4.69) is 0 Å². The minimum absolute atomic E-state index is 0.0134. The Morgan fingerprint density at radius 2 is 1.42 bits per heavy atom. The van der Waals surface area contributed by atoms with Crippen molar-refractivity contribution in [3.8, 4) is 0 Å². The van der Waals surface area contributed by atoms with Crippen LogP contribution in [0, 0.1) is 0 Å². The van der Waals surface area contributed by atoms with E-state index in [0.29, 0.717) is 19.6 Å². The van der Waals surface area contributed by atoms with E-state index in [1.807, 2.05) is 6.92 Å². The van der Waals surface area contributed by atoms with Crippen LogP contribution >= 0.6 is 0 Å². The van der Waals surface area contributed by atoms with Crippen molar-refractivity contribution in [2.75, 3.05) is 34.4 Å². The third-order valence-corrected chi connectivity index (χ3v) is 3.76. The number of methoxy groups -OCH3 is 2. The van der Waals surface area contributed by atoms with Crippen molar-refractivity contribution in [3.63, 3.8) is 0 Å². The van der Waals surface area contributed by atoms with Crippen LogP contribution in [-0.2, 0) is 18.9 Å². The average molecular weight is 351 g/mol. The molecule has 24 heavy (non-hydrogen) atoms. The molecule has 0 saturated carbocycles. The van der Waals surface area contributed by atoms with Gasteiger partial charge in [-0.05, 0) is 19.2 Å². The largest absolute Gasteiger partial charge is 0.359 e. The van der Waals surface area contributed by atoms with E-state index in [0.717, 1.165) is 58.0 Å². The van der Waals surface area contributed by atoms with Crippen LogP contribution in [0.2, 0.25) is 0 Å². The Labute approximate surface area is 156 Å². The summed E-state index contributed by atoms with van der Waals surface area (Å²) in [6.45, 7) is 3.10. The quantitative estimate of drug-likeness (QED) is 0.209. The first-order chi connectivity index (χ1) is 13.3. The molecule has 0 aliphatic rings. The highest BCUT2D eigenvalue weighted by Gasteiger charge is 2.08. The second-order valence-corrected chi connectivity index (χ2v) is 6.06. The summed E-state index contributed by atoms with van der Waals surface area (Å²) in [5.41, 5.74) is 0. The molecular formula is C20H42O4. The fraction of sp³-hybridized carbons (Fsp3) is 1.00. The lowest BCUT2D eigenvalue weighted by molar-refractivity contribution is -0.0775. The van der Waals surface area contributed by atoms with Gasteiger partial charge in [0.1, 0.15) is 13.6 Å². The SMILES string of the molecule is [2H]C([2H])(CCCCCCCCCOCOC)C([2H])([2H])[C@H](CCCC)OCOC. The van der Waals surface area contributed by atoms with Gasteiger partial charge in [0, 0.05) is 26.3 Å². The minimum atomic E-state index is -2.04. The van der Waals surface area contributed by atoms with Crippen LogP contribution in [0.3, 0.4) is 0 Å². The first-order valence-corrected chi connectivity index (χ1v) is 9.50. The molecule has 0 fully saturated rings. The second-order valence-electron chi connectivity index (χ2n) is 6.06. The molecule has 0 radical (unpaired) electrons. The summed E-state index contributed by atoms with van der Waals surface area (Å²) in [5, 5.41) is 0. The fourth-order valence-corrected chi connectivity index (χ4v) is 2.37. The van der Waals surface area contributed by atoms with Crippen LogP contribution in [-0.4, -0.2) is 40.5 Å². The predicted octanol–water partition coefficient (Wildman–Crippen LogP) is 5.69. The lowest BCUT2D eigenvalue weighted by Gasteiger charge is -2.17. The Kier molecular flexibility index (Phi) is 15.0. The van der Waals surface area contributed by atoms with Gasteiger partial charge in [-0.15, -0.1) is 0 Å². The minimum Gasteiger partial charge on any atom is -0.359 e. The van der Waals surface area contributed by atoms with Crippen molar-refractivity contribution in [2.24, 2.45) is 0 Å². The molecule has 0 aromatic rings. The zero-order valence-corrected chi connectivity index (χ0v) is 16.1. The maximum absolute atomic E-state index is 8.37. The van der Waals surface area contributed by atoms with Gasteiger partial charge in [-0.25, -0.2) is 0 Å². The van der Waals surface area contributed by atoms with E-state index in [-0.39, 0.29) is 13.2 Å². The molecule has 0 rings (SSSR count). The van der Waals surface area contributed by atoms with Crippen LogP contribution in [0.1, 0.15) is 95.8 Å². The fourth-order valence-electron chi connectivity index (χ4n) is 2.37. The van der Waals surface area contributed by atoms with Crippen molar-refractivity contribution in [3.05, 3.63) is 0 Å². The van der Waals surface area contributed by atoms with E-state index in [4.69, 9.17) is 24.4 Å². The first-order valence-electron chi connectivity index (χ1n) is 11.5. The molecule has 0 saturated heterocycles. The lowest BCUT2D eigenvalue weighted by atomic mass is 10.0. The Hall–Kier alpha value is -0.160. The third-order valence-electron chi connectivity index (χ3n) is 3.76. The van der Waals surface area contributed by atoms with Gasteiger partial charge in [-0.3, -0.25) is 0 Å². The molecule has 0 N–H and O–H groups in total. The molecule has 0 aromatic heterocycles. The summed E-state index contributed by atoms with van der Waals surface area (Å²) < 4.78 is 53.8. The molecule has 0 bridgehead atoms. The van der Waals surface area contributed by atoms with Gasteiger partial charge in [0.2, 0.25) is 0 Å². The Morgan fingerprint density at radius 1 is 0.792 bits per heavy atom. The summed E-state index contributed by atoms with van der Waals surface area (Å²) in [6, 6.07) is 0. The topological polar surface area (TPSA) is 36.9 Å². The molecule has 146 valence electrons. The molecule has 0 heterocycles. The molecule has 0 spiro atoms. The molecule has 0 unspecified atom stereocenters. The second kappa shape index (κ2) is 20.9. The third kappa shape index (κ3) is 18.2. The highest BCUT2D eigenvalue weighted by molar-refractivity contribution is 4.58. The number of hydrogen-bond donors (Lipinski definition) is 0. The average Bonchev–Trinajstić information content (AvgIpc) is 2.65. The Balaban J connectivity index is 4.13. The van der Waals surface area contributed by atoms with Crippen LogP contribution in [0.15, 0.2) is 0 Å². The number of ether oxygens (including phenoxy) is 4. The summed E-state index contributed by atoms with van der Waals surface area (Å²) in [4.78, 5) is 0. The Bertz CT molecular complexity index is 349. The molecule has 0 amide bonds. The molecule has 0 aliphatic heterocycles. The van der Waals surface area contributed by atoms with E-state index >= 15 is 0 Å². The zero-order valence-electron chi connectivity index (χ0n) is 20.1. The van der Waals surface area contributed by atoms with Crippen molar-refractivity contribution >= 4 is 0 Å². The maximum atomic E-state index is 8.37. The maximum Gasteiger partial charge on any atom is 0.146 e. The van der Waals surface area contributed by atoms with Crippen molar-refractivity contribution in [2.45, 2.75) is 96.4 Å². The smallest absolute Gasteiger partial charge is 0.146 e. The highest BCUT2D eigenvalue weighted by atomic mass is 16.7.